The fourth-order valence-electron chi connectivity index (χ4n) is 3.56. The molecule has 7 heteroatoms. The molecule has 25 heavy (non-hydrogen) atoms. The summed E-state index contributed by atoms with van der Waals surface area (Å²) in [5.41, 5.74) is 0.192. The quantitative estimate of drug-likeness (QED) is 0.868. The predicted octanol–water partition coefficient (Wildman–Crippen LogP) is 1.78. The molecule has 2 fully saturated rings. The Morgan fingerprint density at radius 1 is 1.32 bits per heavy atom. The van der Waals surface area contributed by atoms with Crippen molar-refractivity contribution in [1.29, 1.82) is 0 Å². The summed E-state index contributed by atoms with van der Waals surface area (Å²) < 4.78 is 5.41. The lowest BCUT2D eigenvalue weighted by molar-refractivity contribution is -0.146. The van der Waals surface area contributed by atoms with Gasteiger partial charge in [0.2, 0.25) is 0 Å². The summed E-state index contributed by atoms with van der Waals surface area (Å²) >= 11 is 0. The number of hydrogen-bond acceptors (Lipinski definition) is 4. The largest absolute Gasteiger partial charge is 0.495 e. The lowest BCUT2D eigenvalue weighted by atomic mass is 9.90. The Hall–Kier alpha value is -2.44. The van der Waals surface area contributed by atoms with Crippen molar-refractivity contribution >= 4 is 17.7 Å². The molecule has 2 atom stereocenters. The molecule has 2 N–H and O–H groups in total. The average Bonchev–Trinajstić information content (AvgIpc) is 3.22. The van der Waals surface area contributed by atoms with Crippen molar-refractivity contribution in [3.63, 3.8) is 0 Å². The van der Waals surface area contributed by atoms with Crippen molar-refractivity contribution in [2.45, 2.75) is 25.8 Å². The minimum absolute atomic E-state index is 0.0501. The van der Waals surface area contributed by atoms with Crippen molar-refractivity contribution in [2.24, 2.45) is 5.41 Å². The van der Waals surface area contributed by atoms with E-state index in [0.717, 1.165) is 30.9 Å². The highest BCUT2D eigenvalue weighted by Crippen LogP contribution is 2.32. The molecule has 0 saturated carbocycles. The molecule has 0 spiro atoms. The van der Waals surface area contributed by atoms with Crippen molar-refractivity contribution in [3.8, 4) is 5.75 Å². The number of carboxylic acid groups (broad SMARTS) is 1. The molecule has 136 valence electrons. The number of amides is 2. The maximum absolute atomic E-state index is 12.5. The summed E-state index contributed by atoms with van der Waals surface area (Å²) in [6.45, 7) is 4.00. The number of carbonyl (C=O) groups is 2. The third-order valence-corrected chi connectivity index (χ3v) is 5.22. The van der Waals surface area contributed by atoms with Crippen LogP contribution in [-0.4, -0.2) is 61.3 Å². The zero-order valence-corrected chi connectivity index (χ0v) is 14.7. The first kappa shape index (κ1) is 17.4. The Kier molecular flexibility index (Phi) is 4.74. The van der Waals surface area contributed by atoms with Crippen molar-refractivity contribution in [3.05, 3.63) is 24.3 Å². The number of likely N-dealkylation sites (tertiary alicyclic amines) is 1. The van der Waals surface area contributed by atoms with Gasteiger partial charge in [0.25, 0.3) is 0 Å². The second kappa shape index (κ2) is 6.82. The fourth-order valence-corrected chi connectivity index (χ4v) is 3.56. The molecule has 2 unspecified atom stereocenters. The molecular formula is C18H25N3O4. The number of anilines is 1. The third-order valence-electron chi connectivity index (χ3n) is 5.22. The van der Waals surface area contributed by atoms with Gasteiger partial charge in [0.1, 0.15) is 5.75 Å². The minimum Gasteiger partial charge on any atom is -0.495 e. The number of nitrogens with zero attached hydrogens (tertiary/aromatic N) is 2. The topological polar surface area (TPSA) is 82.1 Å². The zero-order valence-electron chi connectivity index (χ0n) is 14.7. The number of rotatable bonds is 4. The molecule has 7 nitrogen and oxygen atoms in total. The molecule has 0 aromatic heterocycles. The lowest BCUT2D eigenvalue weighted by Crippen LogP contribution is -2.46. The Morgan fingerprint density at radius 3 is 2.76 bits per heavy atom. The number of carbonyl (C=O) groups excluding carboxylic acids is 1. The Bertz CT molecular complexity index is 665. The van der Waals surface area contributed by atoms with Crippen LogP contribution in [0.2, 0.25) is 0 Å². The van der Waals surface area contributed by atoms with E-state index < -0.39 is 11.4 Å². The Balaban J connectivity index is 1.57. The van der Waals surface area contributed by atoms with E-state index in [1.807, 2.05) is 24.3 Å². The Labute approximate surface area is 147 Å². The van der Waals surface area contributed by atoms with Gasteiger partial charge in [-0.25, -0.2) is 4.79 Å². The molecule has 1 aromatic carbocycles. The number of nitrogens with one attached hydrogen (secondary N) is 1. The van der Waals surface area contributed by atoms with Crippen LogP contribution in [0.25, 0.3) is 0 Å². The molecule has 1 aromatic rings. The summed E-state index contributed by atoms with van der Waals surface area (Å²) in [5, 5.41) is 12.3. The highest BCUT2D eigenvalue weighted by Gasteiger charge is 2.42. The number of para-hydroxylation sites is 2. The normalized spacial score (nSPS) is 25.9. The smallest absolute Gasteiger partial charge is 0.317 e. The van der Waals surface area contributed by atoms with E-state index in [0.29, 0.717) is 13.0 Å². The average molecular weight is 347 g/mol. The monoisotopic (exact) mass is 347 g/mol. The molecule has 3 rings (SSSR count). The van der Waals surface area contributed by atoms with Gasteiger partial charge >= 0.3 is 12.0 Å². The van der Waals surface area contributed by atoms with Gasteiger partial charge in [0.15, 0.2) is 0 Å². The van der Waals surface area contributed by atoms with Gasteiger partial charge in [0, 0.05) is 32.2 Å². The minimum atomic E-state index is -0.842. The van der Waals surface area contributed by atoms with Crippen LogP contribution in [0.3, 0.4) is 0 Å². The number of carboxylic acids is 1. The lowest BCUT2D eigenvalue weighted by Gasteiger charge is -2.24. The summed E-state index contributed by atoms with van der Waals surface area (Å²) in [6.07, 6.45) is 1.35. The highest BCUT2D eigenvalue weighted by atomic mass is 16.5. The number of ether oxygens (including phenoxy) is 1. The van der Waals surface area contributed by atoms with E-state index in [4.69, 9.17) is 4.74 Å². The van der Waals surface area contributed by atoms with Gasteiger partial charge < -0.3 is 25.0 Å². The summed E-state index contributed by atoms with van der Waals surface area (Å²) in [4.78, 5) is 27.6. The van der Waals surface area contributed by atoms with Gasteiger partial charge in [-0.1, -0.05) is 12.1 Å². The van der Waals surface area contributed by atoms with Crippen LogP contribution in [0.1, 0.15) is 19.8 Å². The number of hydrogen-bond donors (Lipinski definition) is 2. The van der Waals surface area contributed by atoms with E-state index >= 15 is 0 Å². The van der Waals surface area contributed by atoms with Gasteiger partial charge in [-0.15, -0.1) is 0 Å². The fraction of sp³-hybridized carbons (Fsp3) is 0.556. The SMILES string of the molecule is COc1ccccc1N1CCC(NC(=O)N2CCC(C)(C(=O)O)C2)C1. The molecule has 2 heterocycles. The number of aliphatic carboxylic acids is 1. The van der Waals surface area contributed by atoms with Crippen LogP contribution in [0, 0.1) is 5.41 Å². The van der Waals surface area contributed by atoms with Crippen molar-refractivity contribution < 1.29 is 19.4 Å². The second-order valence-corrected chi connectivity index (χ2v) is 7.09. The van der Waals surface area contributed by atoms with Crippen LogP contribution in [0.4, 0.5) is 10.5 Å². The first-order valence-electron chi connectivity index (χ1n) is 8.60. The zero-order chi connectivity index (χ0) is 18.0. The van der Waals surface area contributed by atoms with Gasteiger partial charge in [-0.05, 0) is 31.9 Å². The van der Waals surface area contributed by atoms with Gasteiger partial charge in [0.05, 0.1) is 18.2 Å². The van der Waals surface area contributed by atoms with Crippen molar-refractivity contribution in [1.82, 2.24) is 10.2 Å². The van der Waals surface area contributed by atoms with E-state index in [9.17, 15) is 14.7 Å². The van der Waals surface area contributed by atoms with Gasteiger partial charge in [-0.2, -0.15) is 0 Å². The summed E-state index contributed by atoms with van der Waals surface area (Å²) in [6, 6.07) is 7.73. The maximum Gasteiger partial charge on any atom is 0.317 e. The number of benzene rings is 1. The summed E-state index contributed by atoms with van der Waals surface area (Å²) in [5.74, 6) is -0.0164. The maximum atomic E-state index is 12.5. The number of urea groups is 1. The molecule has 0 bridgehead atoms. The van der Waals surface area contributed by atoms with Crippen LogP contribution >= 0.6 is 0 Å². The highest BCUT2D eigenvalue weighted by molar-refractivity contribution is 5.79. The van der Waals surface area contributed by atoms with Crippen LogP contribution < -0.4 is 15.0 Å². The second-order valence-electron chi connectivity index (χ2n) is 7.09. The molecule has 2 aliphatic rings. The van der Waals surface area contributed by atoms with E-state index in [1.165, 1.54) is 0 Å². The summed E-state index contributed by atoms with van der Waals surface area (Å²) in [7, 11) is 1.65. The molecule has 2 aliphatic heterocycles. The van der Waals surface area contributed by atoms with E-state index in [2.05, 4.69) is 10.2 Å². The van der Waals surface area contributed by atoms with Crippen LogP contribution in [-0.2, 0) is 4.79 Å². The van der Waals surface area contributed by atoms with Crippen molar-refractivity contribution in [2.75, 3.05) is 38.2 Å². The molecule has 0 aliphatic carbocycles. The van der Waals surface area contributed by atoms with E-state index in [-0.39, 0.29) is 18.6 Å². The molecule has 0 radical (unpaired) electrons. The molecule has 2 amide bonds. The Morgan fingerprint density at radius 2 is 2.08 bits per heavy atom. The van der Waals surface area contributed by atoms with Crippen LogP contribution in [0.15, 0.2) is 24.3 Å². The van der Waals surface area contributed by atoms with Gasteiger partial charge in [-0.3, -0.25) is 4.79 Å². The first-order valence-corrected chi connectivity index (χ1v) is 8.60. The van der Waals surface area contributed by atoms with Crippen LogP contribution in [0.5, 0.6) is 5.75 Å². The number of methoxy groups -OCH3 is 1. The molecular weight excluding hydrogens is 322 g/mol. The third kappa shape index (κ3) is 3.50. The molecule has 2 saturated heterocycles. The standard InChI is InChI=1S/C18H25N3O4/c1-18(16(22)23)8-10-21(12-18)17(24)19-13-7-9-20(11-13)14-5-3-4-6-15(14)25-2/h3-6,13H,7-12H2,1-2H3,(H,19,24)(H,22,23). The predicted molar refractivity (Wildman–Crippen MR) is 94.1 cm³/mol. The van der Waals surface area contributed by atoms with E-state index in [1.54, 1.807) is 18.9 Å². The first-order chi connectivity index (χ1) is 11.9.